The number of hydrogen-bond acceptors (Lipinski definition) is 2. The van der Waals surface area contributed by atoms with Crippen molar-refractivity contribution in [2.45, 2.75) is 40.2 Å². The largest absolute Gasteiger partial charge is 0.379 e. The minimum absolute atomic E-state index is 0.0417. The number of nitrogens with one attached hydrogen (secondary N) is 1. The third-order valence-corrected chi connectivity index (χ3v) is 1.96. The molecule has 0 aromatic heterocycles. The average molecular weight is 253 g/mol. The lowest BCUT2D eigenvalue weighted by molar-refractivity contribution is -0.109. The number of hydrogen-bond donors (Lipinski definition) is 1. The SMILES string of the molecule is C=C(C)/C=C(/CNC=O)C(=C)C.COC(C)(C)C. The Morgan fingerprint density at radius 1 is 1.28 bits per heavy atom. The van der Waals surface area contributed by atoms with Crippen LogP contribution < -0.4 is 5.32 Å². The van der Waals surface area contributed by atoms with Gasteiger partial charge in [-0.2, -0.15) is 0 Å². The Labute approximate surface area is 112 Å². The van der Waals surface area contributed by atoms with Gasteiger partial charge in [0.2, 0.25) is 6.41 Å². The van der Waals surface area contributed by atoms with Crippen LogP contribution in [0.25, 0.3) is 0 Å². The summed E-state index contributed by atoms with van der Waals surface area (Å²) in [5.74, 6) is 0. The second-order valence-electron chi connectivity index (χ2n) is 5.11. The van der Waals surface area contributed by atoms with Crippen molar-refractivity contribution < 1.29 is 9.53 Å². The van der Waals surface area contributed by atoms with Crippen LogP contribution >= 0.6 is 0 Å². The van der Waals surface area contributed by atoms with E-state index in [0.29, 0.717) is 13.0 Å². The second kappa shape index (κ2) is 9.66. The number of ether oxygens (including phenoxy) is 1. The second-order valence-corrected chi connectivity index (χ2v) is 5.11. The van der Waals surface area contributed by atoms with E-state index in [2.05, 4.69) is 18.5 Å². The van der Waals surface area contributed by atoms with Crippen molar-refractivity contribution in [2.24, 2.45) is 0 Å². The minimum Gasteiger partial charge on any atom is -0.379 e. The van der Waals surface area contributed by atoms with E-state index in [1.807, 2.05) is 40.7 Å². The van der Waals surface area contributed by atoms with Crippen molar-refractivity contribution in [1.29, 1.82) is 0 Å². The van der Waals surface area contributed by atoms with Crippen molar-refractivity contribution in [2.75, 3.05) is 13.7 Å². The number of amides is 1. The molecule has 0 bridgehead atoms. The number of carbonyl (C=O) groups is 1. The van der Waals surface area contributed by atoms with Crippen LogP contribution in [0.2, 0.25) is 0 Å². The highest BCUT2D eigenvalue weighted by atomic mass is 16.5. The number of carbonyl (C=O) groups excluding carboxylic acids is 1. The predicted molar refractivity (Wildman–Crippen MR) is 78.5 cm³/mol. The standard InChI is InChI=1S/C10H15NO.C5H12O/c1-8(2)5-10(9(3)4)6-11-7-12;1-5(2,3)6-4/h5,7H,1,3,6H2,2,4H3,(H,11,12);1-4H3/b10-5-;. The first-order chi connectivity index (χ1) is 8.14. The lowest BCUT2D eigenvalue weighted by Crippen LogP contribution is -2.15. The molecule has 1 N–H and O–H groups in total. The molecule has 0 aliphatic rings. The Hall–Kier alpha value is -1.35. The first kappa shape index (κ1) is 19.0. The van der Waals surface area contributed by atoms with Gasteiger partial charge >= 0.3 is 0 Å². The fourth-order valence-electron chi connectivity index (χ4n) is 0.774. The molecule has 0 aliphatic carbocycles. The molecule has 104 valence electrons. The summed E-state index contributed by atoms with van der Waals surface area (Å²) in [7, 11) is 1.71. The van der Waals surface area contributed by atoms with Crippen molar-refractivity contribution >= 4 is 6.41 Å². The van der Waals surface area contributed by atoms with Gasteiger partial charge in [-0.05, 0) is 40.2 Å². The van der Waals surface area contributed by atoms with Crippen molar-refractivity contribution in [1.82, 2.24) is 5.32 Å². The van der Waals surface area contributed by atoms with Crippen LogP contribution in [-0.4, -0.2) is 25.7 Å². The third-order valence-electron chi connectivity index (χ3n) is 1.96. The maximum absolute atomic E-state index is 10.0. The molecular weight excluding hydrogens is 226 g/mol. The van der Waals surface area contributed by atoms with E-state index in [-0.39, 0.29) is 5.60 Å². The lowest BCUT2D eigenvalue weighted by Gasteiger charge is -2.14. The summed E-state index contributed by atoms with van der Waals surface area (Å²) in [6, 6.07) is 0. The smallest absolute Gasteiger partial charge is 0.207 e. The fourth-order valence-corrected chi connectivity index (χ4v) is 0.774. The minimum atomic E-state index is 0.0417. The molecule has 0 heterocycles. The summed E-state index contributed by atoms with van der Waals surface area (Å²) in [5, 5.41) is 2.58. The van der Waals surface area contributed by atoms with Crippen LogP contribution in [0, 0.1) is 0 Å². The van der Waals surface area contributed by atoms with Gasteiger partial charge in [0.15, 0.2) is 0 Å². The van der Waals surface area contributed by atoms with Crippen molar-refractivity contribution in [3.8, 4) is 0 Å². The molecule has 0 aliphatic heterocycles. The molecule has 3 heteroatoms. The van der Waals surface area contributed by atoms with Crippen molar-refractivity contribution in [3.05, 3.63) is 36.0 Å². The zero-order chi connectivity index (χ0) is 14.8. The summed E-state index contributed by atoms with van der Waals surface area (Å²) in [5.41, 5.74) is 2.96. The van der Waals surface area contributed by atoms with Gasteiger partial charge in [0, 0.05) is 13.7 Å². The highest BCUT2D eigenvalue weighted by molar-refractivity contribution is 5.48. The third kappa shape index (κ3) is 14.6. The van der Waals surface area contributed by atoms with Gasteiger partial charge in [-0.1, -0.05) is 30.4 Å². The highest BCUT2D eigenvalue weighted by Gasteiger charge is 2.04. The zero-order valence-electron chi connectivity index (χ0n) is 12.6. The van der Waals surface area contributed by atoms with E-state index in [9.17, 15) is 4.79 Å². The Bertz CT molecular complexity index is 309. The van der Waals surface area contributed by atoms with Gasteiger partial charge < -0.3 is 10.1 Å². The van der Waals surface area contributed by atoms with Gasteiger partial charge in [0.25, 0.3) is 0 Å². The number of methoxy groups -OCH3 is 1. The van der Waals surface area contributed by atoms with Gasteiger partial charge in [0.1, 0.15) is 0 Å². The predicted octanol–water partition coefficient (Wildman–Crippen LogP) is 3.24. The molecule has 0 radical (unpaired) electrons. The monoisotopic (exact) mass is 253 g/mol. The molecule has 1 amide bonds. The van der Waals surface area contributed by atoms with Crippen LogP contribution in [0.15, 0.2) is 36.0 Å². The molecule has 0 aromatic rings. The lowest BCUT2D eigenvalue weighted by atomic mass is 10.1. The van der Waals surface area contributed by atoms with Gasteiger partial charge in [-0.25, -0.2) is 0 Å². The first-order valence-corrected chi connectivity index (χ1v) is 5.88. The van der Waals surface area contributed by atoms with Crippen LogP contribution in [0.5, 0.6) is 0 Å². The van der Waals surface area contributed by atoms with Gasteiger partial charge in [0.05, 0.1) is 5.60 Å². The molecule has 0 spiro atoms. The van der Waals surface area contributed by atoms with Crippen LogP contribution in [0.3, 0.4) is 0 Å². The number of rotatable bonds is 5. The van der Waals surface area contributed by atoms with E-state index >= 15 is 0 Å². The van der Waals surface area contributed by atoms with Crippen LogP contribution in [0.1, 0.15) is 34.6 Å². The van der Waals surface area contributed by atoms with E-state index in [1.54, 1.807) is 7.11 Å². The van der Waals surface area contributed by atoms with Crippen molar-refractivity contribution in [3.63, 3.8) is 0 Å². The molecule has 0 atom stereocenters. The molecule has 0 unspecified atom stereocenters. The summed E-state index contributed by atoms with van der Waals surface area (Å²) < 4.78 is 4.94. The molecular formula is C15H27NO2. The zero-order valence-corrected chi connectivity index (χ0v) is 12.6. The molecule has 0 saturated carbocycles. The normalized spacial score (nSPS) is 11.1. The van der Waals surface area contributed by atoms with Crippen LogP contribution in [-0.2, 0) is 9.53 Å². The molecule has 0 saturated heterocycles. The van der Waals surface area contributed by atoms with Gasteiger partial charge in [-0.15, -0.1) is 0 Å². The average Bonchev–Trinajstić information content (AvgIpc) is 2.23. The molecule has 0 aromatic carbocycles. The maximum atomic E-state index is 10.0. The Morgan fingerprint density at radius 3 is 1.94 bits per heavy atom. The Morgan fingerprint density at radius 2 is 1.72 bits per heavy atom. The molecule has 0 rings (SSSR count). The topological polar surface area (TPSA) is 38.3 Å². The Balaban J connectivity index is 0. The summed E-state index contributed by atoms with van der Waals surface area (Å²) in [4.78, 5) is 10.0. The summed E-state index contributed by atoms with van der Waals surface area (Å²) in [6.45, 7) is 17.9. The van der Waals surface area contributed by atoms with E-state index < -0.39 is 0 Å². The summed E-state index contributed by atoms with van der Waals surface area (Å²) >= 11 is 0. The van der Waals surface area contributed by atoms with Gasteiger partial charge in [-0.3, -0.25) is 4.79 Å². The first-order valence-electron chi connectivity index (χ1n) is 5.88. The van der Waals surface area contributed by atoms with E-state index in [4.69, 9.17) is 4.74 Å². The molecule has 0 fully saturated rings. The van der Waals surface area contributed by atoms with E-state index in [1.165, 1.54) is 0 Å². The maximum Gasteiger partial charge on any atom is 0.207 e. The van der Waals surface area contributed by atoms with E-state index in [0.717, 1.165) is 16.7 Å². The quantitative estimate of drug-likeness (QED) is 0.603. The summed E-state index contributed by atoms with van der Waals surface area (Å²) in [6.07, 6.45) is 2.59. The van der Waals surface area contributed by atoms with Crippen LogP contribution in [0.4, 0.5) is 0 Å². The molecule has 18 heavy (non-hydrogen) atoms. The highest BCUT2D eigenvalue weighted by Crippen LogP contribution is 2.07. The fraction of sp³-hybridized carbons (Fsp3) is 0.533. The Kier molecular flexibility index (Phi) is 10.2. The number of allylic oxidation sites excluding steroid dienone is 2. The molecule has 3 nitrogen and oxygen atoms in total.